The summed E-state index contributed by atoms with van der Waals surface area (Å²) in [6.07, 6.45) is 4.25. The lowest BCUT2D eigenvalue weighted by molar-refractivity contribution is 0.0919. The van der Waals surface area contributed by atoms with E-state index in [-0.39, 0.29) is 11.4 Å². The highest BCUT2D eigenvalue weighted by molar-refractivity contribution is 5.95. The third-order valence-corrected chi connectivity index (χ3v) is 3.17. The molecule has 0 radical (unpaired) electrons. The van der Waals surface area contributed by atoms with E-state index in [4.69, 9.17) is 0 Å². The average molecular weight is 297 g/mol. The van der Waals surface area contributed by atoms with Gasteiger partial charge >= 0.3 is 0 Å². The van der Waals surface area contributed by atoms with E-state index >= 15 is 0 Å². The summed E-state index contributed by atoms with van der Waals surface area (Å²) in [4.78, 5) is 16.4. The number of hydrogen-bond acceptors (Lipinski definition) is 3. The fourth-order valence-electron chi connectivity index (χ4n) is 2.15. The van der Waals surface area contributed by atoms with Gasteiger partial charge in [-0.1, -0.05) is 25.1 Å². The van der Waals surface area contributed by atoms with Crippen molar-refractivity contribution in [1.29, 1.82) is 0 Å². The zero-order chi connectivity index (χ0) is 16.2. The van der Waals surface area contributed by atoms with E-state index in [9.17, 15) is 4.79 Å². The molecular weight excluding hydrogens is 274 g/mol. The van der Waals surface area contributed by atoms with Gasteiger partial charge in [-0.05, 0) is 44.9 Å². The summed E-state index contributed by atoms with van der Waals surface area (Å²) < 4.78 is 0. The van der Waals surface area contributed by atoms with Crippen molar-refractivity contribution < 1.29 is 4.79 Å². The van der Waals surface area contributed by atoms with Gasteiger partial charge in [-0.25, -0.2) is 0 Å². The molecule has 0 saturated heterocycles. The van der Waals surface area contributed by atoms with E-state index in [2.05, 4.69) is 28.6 Å². The number of para-hydroxylation sites is 1. The number of aryl methyl sites for hydroxylation is 1. The van der Waals surface area contributed by atoms with E-state index < -0.39 is 0 Å². The molecule has 2 rings (SSSR count). The molecule has 1 heterocycles. The Labute approximate surface area is 132 Å². The number of nitrogens with zero attached hydrogens (tertiary/aromatic N) is 1. The van der Waals surface area contributed by atoms with Crippen molar-refractivity contribution in [1.82, 2.24) is 10.3 Å². The first-order valence-corrected chi connectivity index (χ1v) is 7.51. The predicted molar refractivity (Wildman–Crippen MR) is 90.6 cm³/mol. The normalized spacial score (nSPS) is 11.1. The highest BCUT2D eigenvalue weighted by atomic mass is 16.1. The van der Waals surface area contributed by atoms with Gasteiger partial charge in [-0.2, -0.15) is 0 Å². The smallest absolute Gasteiger partial charge is 0.253 e. The van der Waals surface area contributed by atoms with E-state index in [1.807, 2.05) is 45.0 Å². The van der Waals surface area contributed by atoms with Crippen LogP contribution in [-0.2, 0) is 6.42 Å². The highest BCUT2D eigenvalue weighted by Gasteiger charge is 2.15. The van der Waals surface area contributed by atoms with Crippen molar-refractivity contribution in [2.45, 2.75) is 39.7 Å². The van der Waals surface area contributed by atoms with Gasteiger partial charge in [0.1, 0.15) is 0 Å². The lowest BCUT2D eigenvalue weighted by atomic mass is 10.1. The highest BCUT2D eigenvalue weighted by Crippen LogP contribution is 2.21. The SMILES string of the molecule is CCc1ccccc1Nc1cncc(C(=O)NC(C)(C)C)c1. The van der Waals surface area contributed by atoms with E-state index in [1.165, 1.54) is 5.56 Å². The number of carbonyl (C=O) groups is 1. The van der Waals surface area contributed by atoms with Crippen molar-refractivity contribution >= 4 is 17.3 Å². The summed E-state index contributed by atoms with van der Waals surface area (Å²) in [6.45, 7) is 7.99. The van der Waals surface area contributed by atoms with Gasteiger partial charge in [-0.3, -0.25) is 9.78 Å². The fourth-order valence-corrected chi connectivity index (χ4v) is 2.15. The van der Waals surface area contributed by atoms with Gasteiger partial charge in [0, 0.05) is 17.4 Å². The summed E-state index contributed by atoms with van der Waals surface area (Å²) >= 11 is 0. The Morgan fingerprint density at radius 2 is 1.91 bits per heavy atom. The molecular formula is C18H23N3O. The van der Waals surface area contributed by atoms with Gasteiger partial charge in [0.05, 0.1) is 17.4 Å². The number of anilines is 2. The molecule has 0 aliphatic heterocycles. The minimum absolute atomic E-state index is 0.118. The molecule has 2 N–H and O–H groups in total. The van der Waals surface area contributed by atoms with Crippen LogP contribution in [0.4, 0.5) is 11.4 Å². The van der Waals surface area contributed by atoms with E-state index in [1.54, 1.807) is 12.4 Å². The first-order chi connectivity index (χ1) is 10.4. The van der Waals surface area contributed by atoms with Crippen LogP contribution in [-0.4, -0.2) is 16.4 Å². The van der Waals surface area contributed by atoms with E-state index in [0.29, 0.717) is 5.56 Å². The molecule has 0 bridgehead atoms. The number of aromatic nitrogens is 1. The first-order valence-electron chi connectivity index (χ1n) is 7.51. The molecule has 22 heavy (non-hydrogen) atoms. The molecule has 1 aromatic carbocycles. The minimum Gasteiger partial charge on any atom is -0.354 e. The van der Waals surface area contributed by atoms with Gasteiger partial charge < -0.3 is 10.6 Å². The number of carbonyl (C=O) groups excluding carboxylic acids is 1. The number of amides is 1. The van der Waals surface area contributed by atoms with Crippen LogP contribution in [0.25, 0.3) is 0 Å². The summed E-state index contributed by atoms with van der Waals surface area (Å²) in [7, 11) is 0. The minimum atomic E-state index is -0.269. The van der Waals surface area contributed by atoms with Gasteiger partial charge in [0.15, 0.2) is 0 Å². The summed E-state index contributed by atoms with van der Waals surface area (Å²) in [5.74, 6) is -0.118. The average Bonchev–Trinajstić information content (AvgIpc) is 2.46. The van der Waals surface area contributed by atoms with Crippen molar-refractivity contribution in [3.63, 3.8) is 0 Å². The third kappa shape index (κ3) is 4.32. The Bertz CT molecular complexity index is 659. The first kappa shape index (κ1) is 16.0. The van der Waals surface area contributed by atoms with Crippen LogP contribution < -0.4 is 10.6 Å². The molecule has 0 aliphatic carbocycles. The second-order valence-corrected chi connectivity index (χ2v) is 6.30. The fraction of sp³-hybridized carbons (Fsp3) is 0.333. The number of hydrogen-bond donors (Lipinski definition) is 2. The molecule has 0 unspecified atom stereocenters. The van der Waals surface area contributed by atoms with E-state index in [0.717, 1.165) is 17.8 Å². The molecule has 0 spiro atoms. The second kappa shape index (κ2) is 6.60. The molecule has 0 fully saturated rings. The number of rotatable bonds is 4. The predicted octanol–water partition coefficient (Wildman–Crippen LogP) is 3.92. The molecule has 116 valence electrons. The Morgan fingerprint density at radius 1 is 1.18 bits per heavy atom. The van der Waals surface area contributed by atoms with Crippen molar-refractivity contribution in [2.75, 3.05) is 5.32 Å². The standard InChI is InChI=1S/C18H23N3O/c1-5-13-8-6-7-9-16(13)20-15-10-14(11-19-12-15)17(22)21-18(2,3)4/h6-12,20H,5H2,1-4H3,(H,21,22). The monoisotopic (exact) mass is 297 g/mol. The molecule has 4 nitrogen and oxygen atoms in total. The topological polar surface area (TPSA) is 54.0 Å². The van der Waals surface area contributed by atoms with Crippen LogP contribution in [0.15, 0.2) is 42.7 Å². The lowest BCUT2D eigenvalue weighted by Gasteiger charge is -2.20. The molecule has 4 heteroatoms. The maximum absolute atomic E-state index is 12.2. The molecule has 0 atom stereocenters. The van der Waals surface area contributed by atoms with Crippen LogP contribution in [0.1, 0.15) is 43.6 Å². The van der Waals surface area contributed by atoms with Crippen LogP contribution in [0, 0.1) is 0 Å². The number of pyridine rings is 1. The number of nitrogens with one attached hydrogen (secondary N) is 2. The Kier molecular flexibility index (Phi) is 4.81. The Morgan fingerprint density at radius 3 is 2.59 bits per heavy atom. The summed E-state index contributed by atoms with van der Waals surface area (Å²) in [6, 6.07) is 9.95. The van der Waals surface area contributed by atoms with Gasteiger partial charge in [-0.15, -0.1) is 0 Å². The van der Waals surface area contributed by atoms with Crippen LogP contribution in [0.3, 0.4) is 0 Å². The van der Waals surface area contributed by atoms with Crippen molar-refractivity contribution in [3.05, 3.63) is 53.9 Å². The second-order valence-electron chi connectivity index (χ2n) is 6.30. The quantitative estimate of drug-likeness (QED) is 0.899. The maximum atomic E-state index is 12.2. The Balaban J connectivity index is 2.20. The molecule has 0 aliphatic rings. The Hall–Kier alpha value is -2.36. The lowest BCUT2D eigenvalue weighted by Crippen LogP contribution is -2.40. The summed E-state index contributed by atoms with van der Waals surface area (Å²) in [5, 5.41) is 6.28. The van der Waals surface area contributed by atoms with Crippen LogP contribution >= 0.6 is 0 Å². The summed E-state index contributed by atoms with van der Waals surface area (Å²) in [5.41, 5.74) is 3.36. The molecule has 1 amide bonds. The number of benzene rings is 1. The largest absolute Gasteiger partial charge is 0.354 e. The maximum Gasteiger partial charge on any atom is 0.253 e. The molecule has 0 saturated carbocycles. The third-order valence-electron chi connectivity index (χ3n) is 3.17. The van der Waals surface area contributed by atoms with Gasteiger partial charge in [0.2, 0.25) is 0 Å². The zero-order valence-electron chi connectivity index (χ0n) is 13.6. The van der Waals surface area contributed by atoms with Crippen LogP contribution in [0.5, 0.6) is 0 Å². The van der Waals surface area contributed by atoms with Gasteiger partial charge in [0.25, 0.3) is 5.91 Å². The van der Waals surface area contributed by atoms with Crippen molar-refractivity contribution in [3.8, 4) is 0 Å². The zero-order valence-corrected chi connectivity index (χ0v) is 13.6. The molecule has 1 aromatic heterocycles. The van der Waals surface area contributed by atoms with Crippen LogP contribution in [0.2, 0.25) is 0 Å². The molecule has 2 aromatic rings. The van der Waals surface area contributed by atoms with Crippen molar-refractivity contribution in [2.24, 2.45) is 0 Å².